The Labute approximate surface area is 190 Å². The fraction of sp³-hybridized carbons (Fsp3) is 0.375. The smallest absolute Gasteiger partial charge is 0.275 e. The number of rotatable bonds is 6. The van der Waals surface area contributed by atoms with Crippen molar-refractivity contribution in [3.8, 4) is 5.75 Å². The quantitative estimate of drug-likeness (QED) is 0.554. The Morgan fingerprint density at radius 3 is 2.64 bits per heavy atom. The molecule has 33 heavy (non-hydrogen) atoms. The number of aliphatic hydroxyl groups is 1. The molecule has 1 aliphatic rings. The average molecular weight is 455 g/mol. The molecule has 2 heterocycles. The number of carbonyl (C=O) groups excluding carboxylic acids is 2. The molecule has 0 bridgehead atoms. The van der Waals surface area contributed by atoms with Crippen LogP contribution in [0.25, 0.3) is 10.8 Å². The number of β-amino-alcohol motifs (C(OH)–C–C–N with tert-alkyl or cyclic N) is 1. The van der Waals surface area contributed by atoms with Crippen molar-refractivity contribution in [3.05, 3.63) is 59.7 Å². The number of hydrogen-bond donors (Lipinski definition) is 2. The molecule has 2 aromatic carbocycles. The lowest BCUT2D eigenvalue weighted by atomic mass is 9.91. The van der Waals surface area contributed by atoms with E-state index in [0.717, 1.165) is 5.39 Å². The van der Waals surface area contributed by atoms with Crippen molar-refractivity contribution in [2.75, 3.05) is 6.54 Å². The molecular weight excluding hydrogens is 429 g/mol. The minimum absolute atomic E-state index is 0.0365. The van der Waals surface area contributed by atoms with Gasteiger partial charge in [-0.3, -0.25) is 9.59 Å². The summed E-state index contributed by atoms with van der Waals surface area (Å²) in [6.45, 7) is 5.58. The van der Waals surface area contributed by atoms with Crippen LogP contribution in [-0.2, 0) is 9.59 Å². The Morgan fingerprint density at radius 2 is 1.94 bits per heavy atom. The number of hydroxylamine groups is 1. The summed E-state index contributed by atoms with van der Waals surface area (Å²) < 4.78 is 18.7. The highest BCUT2D eigenvalue weighted by Crippen LogP contribution is 2.31. The van der Waals surface area contributed by atoms with Crippen molar-refractivity contribution in [2.45, 2.75) is 45.3 Å². The predicted molar refractivity (Wildman–Crippen MR) is 118 cm³/mol. The molecule has 3 aromatic rings. The van der Waals surface area contributed by atoms with Gasteiger partial charge in [-0.25, -0.2) is 4.39 Å². The molecule has 0 unspecified atom stereocenters. The summed E-state index contributed by atoms with van der Waals surface area (Å²) in [5.74, 6) is -1.15. The molecule has 0 spiro atoms. The van der Waals surface area contributed by atoms with Crippen LogP contribution in [0.15, 0.2) is 47.0 Å². The van der Waals surface area contributed by atoms with Gasteiger partial charge in [0.1, 0.15) is 23.5 Å². The summed E-state index contributed by atoms with van der Waals surface area (Å²) in [5.41, 5.74) is 3.04. The van der Waals surface area contributed by atoms with Crippen molar-refractivity contribution in [2.24, 2.45) is 5.92 Å². The monoisotopic (exact) mass is 455 g/mol. The summed E-state index contributed by atoms with van der Waals surface area (Å²) in [6.07, 6.45) is -0.734. The first-order valence-corrected chi connectivity index (χ1v) is 10.8. The molecule has 1 aromatic heterocycles. The maximum Gasteiger partial charge on any atom is 0.275 e. The van der Waals surface area contributed by atoms with Gasteiger partial charge in [0.15, 0.2) is 5.75 Å². The maximum absolute atomic E-state index is 13.4. The number of benzene rings is 2. The van der Waals surface area contributed by atoms with Crippen LogP contribution < -0.4 is 10.3 Å². The fourth-order valence-corrected chi connectivity index (χ4v) is 4.19. The van der Waals surface area contributed by atoms with Crippen LogP contribution in [0, 0.1) is 18.7 Å². The van der Waals surface area contributed by atoms with E-state index in [-0.39, 0.29) is 30.6 Å². The summed E-state index contributed by atoms with van der Waals surface area (Å²) in [5, 5.41) is 15.5. The SMILES string of the molecule is Cc1cc([C@H](C(=O)N2C[C@H](O)C[C@H]2C(=O)NOc2ccc3cc(F)ccc3c2)C(C)C)on1. The zero-order valence-corrected chi connectivity index (χ0v) is 18.6. The molecule has 1 fully saturated rings. The Balaban J connectivity index is 1.48. The van der Waals surface area contributed by atoms with Crippen LogP contribution in [0.4, 0.5) is 4.39 Å². The molecule has 3 atom stereocenters. The van der Waals surface area contributed by atoms with Crippen LogP contribution in [-0.4, -0.2) is 45.7 Å². The number of halogens is 1. The molecule has 1 saturated heterocycles. The first kappa shape index (κ1) is 22.7. The number of aromatic nitrogens is 1. The Kier molecular flexibility index (Phi) is 6.33. The van der Waals surface area contributed by atoms with E-state index < -0.39 is 24.0 Å². The van der Waals surface area contributed by atoms with E-state index in [1.165, 1.54) is 17.0 Å². The molecule has 0 aliphatic carbocycles. The second kappa shape index (κ2) is 9.19. The lowest BCUT2D eigenvalue weighted by molar-refractivity contribution is -0.143. The van der Waals surface area contributed by atoms with Gasteiger partial charge in [0.05, 0.1) is 11.8 Å². The highest BCUT2D eigenvalue weighted by atomic mass is 19.1. The number of nitrogens with one attached hydrogen (secondary N) is 1. The summed E-state index contributed by atoms with van der Waals surface area (Å²) >= 11 is 0. The van der Waals surface area contributed by atoms with Crippen molar-refractivity contribution >= 4 is 22.6 Å². The van der Waals surface area contributed by atoms with E-state index in [2.05, 4.69) is 10.6 Å². The fourth-order valence-electron chi connectivity index (χ4n) is 4.19. The second-order valence-corrected chi connectivity index (χ2v) is 8.71. The predicted octanol–water partition coefficient (Wildman–Crippen LogP) is 3.09. The Hall–Kier alpha value is -3.46. The number of aryl methyl sites for hydroxylation is 1. The minimum atomic E-state index is -0.896. The van der Waals surface area contributed by atoms with Gasteiger partial charge < -0.3 is 19.4 Å². The van der Waals surface area contributed by atoms with Crippen LogP contribution >= 0.6 is 0 Å². The number of amides is 2. The van der Waals surface area contributed by atoms with Crippen molar-refractivity contribution in [1.29, 1.82) is 0 Å². The number of likely N-dealkylation sites (tertiary alicyclic amines) is 1. The number of aliphatic hydroxyl groups excluding tert-OH is 1. The summed E-state index contributed by atoms with van der Waals surface area (Å²) in [7, 11) is 0. The third-order valence-electron chi connectivity index (χ3n) is 5.79. The number of fused-ring (bicyclic) bond motifs is 1. The number of hydrogen-bond acceptors (Lipinski definition) is 6. The number of nitrogens with zero attached hydrogens (tertiary/aromatic N) is 2. The third kappa shape index (κ3) is 4.83. The van der Waals surface area contributed by atoms with Crippen LogP contribution in [0.5, 0.6) is 5.75 Å². The topological polar surface area (TPSA) is 105 Å². The standard InChI is InChI=1S/C24H26FN3O5/c1-13(2)22(21-8-14(3)26-33-21)24(31)28-12-18(29)11-20(28)23(30)27-32-19-7-5-15-9-17(25)6-4-16(15)10-19/h4-10,13,18,20,22,29H,11-12H2,1-3H3,(H,27,30)/t18-,20+,22-/m1/s1. The van der Waals surface area contributed by atoms with E-state index in [0.29, 0.717) is 22.6 Å². The van der Waals surface area contributed by atoms with Crippen molar-refractivity contribution in [3.63, 3.8) is 0 Å². The molecular formula is C24H26FN3O5. The summed E-state index contributed by atoms with van der Waals surface area (Å²) in [4.78, 5) is 33.1. The Morgan fingerprint density at radius 1 is 1.21 bits per heavy atom. The van der Waals surface area contributed by atoms with Gasteiger partial charge in [0.25, 0.3) is 5.91 Å². The van der Waals surface area contributed by atoms with Crippen LogP contribution in [0.3, 0.4) is 0 Å². The minimum Gasteiger partial charge on any atom is -0.391 e. The number of carbonyl (C=O) groups is 2. The highest BCUT2D eigenvalue weighted by Gasteiger charge is 2.43. The first-order chi connectivity index (χ1) is 15.7. The van der Waals surface area contributed by atoms with Gasteiger partial charge in [-0.15, -0.1) is 0 Å². The molecule has 9 heteroatoms. The summed E-state index contributed by atoms with van der Waals surface area (Å²) in [6, 6.07) is 10.1. The largest absolute Gasteiger partial charge is 0.391 e. The Bertz CT molecular complexity index is 1180. The second-order valence-electron chi connectivity index (χ2n) is 8.71. The van der Waals surface area contributed by atoms with Crippen molar-refractivity contribution < 1.29 is 28.4 Å². The van der Waals surface area contributed by atoms with E-state index >= 15 is 0 Å². The van der Waals surface area contributed by atoms with Crippen molar-refractivity contribution in [1.82, 2.24) is 15.5 Å². The molecule has 0 saturated carbocycles. The molecule has 0 radical (unpaired) electrons. The van der Waals surface area contributed by atoms with Gasteiger partial charge in [0, 0.05) is 19.0 Å². The molecule has 174 valence electrons. The van der Waals surface area contributed by atoms with Gasteiger partial charge in [-0.05, 0) is 47.9 Å². The zero-order valence-electron chi connectivity index (χ0n) is 18.6. The normalized spacial score (nSPS) is 19.2. The van der Waals surface area contributed by atoms with Crippen LogP contribution in [0.2, 0.25) is 0 Å². The molecule has 2 amide bonds. The van der Waals surface area contributed by atoms with E-state index in [4.69, 9.17) is 9.36 Å². The lowest BCUT2D eigenvalue weighted by Gasteiger charge is -2.28. The third-order valence-corrected chi connectivity index (χ3v) is 5.79. The molecule has 1 aliphatic heterocycles. The molecule has 4 rings (SSSR count). The molecule has 8 nitrogen and oxygen atoms in total. The van der Waals surface area contributed by atoms with Crippen LogP contribution in [0.1, 0.15) is 37.6 Å². The highest BCUT2D eigenvalue weighted by molar-refractivity contribution is 5.91. The zero-order chi connectivity index (χ0) is 23.7. The van der Waals surface area contributed by atoms with Gasteiger partial charge in [-0.2, -0.15) is 5.48 Å². The molecule has 2 N–H and O–H groups in total. The van der Waals surface area contributed by atoms with Gasteiger partial charge in [0.2, 0.25) is 5.91 Å². The maximum atomic E-state index is 13.4. The van der Waals surface area contributed by atoms with E-state index in [9.17, 15) is 19.1 Å². The lowest BCUT2D eigenvalue weighted by Crippen LogP contribution is -2.48. The van der Waals surface area contributed by atoms with Gasteiger partial charge in [-0.1, -0.05) is 31.1 Å². The first-order valence-electron chi connectivity index (χ1n) is 10.8. The van der Waals surface area contributed by atoms with E-state index in [1.807, 2.05) is 13.8 Å². The van der Waals surface area contributed by atoms with Gasteiger partial charge >= 0.3 is 0 Å². The average Bonchev–Trinajstić information content (AvgIpc) is 3.37. The van der Waals surface area contributed by atoms with E-state index in [1.54, 1.807) is 37.3 Å².